The second-order valence-corrected chi connectivity index (χ2v) is 17.2. The maximum Gasteiger partial charge on any atom is 0.0468 e. The molecule has 0 N–H and O–H groups in total. The summed E-state index contributed by atoms with van der Waals surface area (Å²) >= 11 is 0. The fraction of sp³-hybridized carbons (Fsp3) is 0.370. The molecule has 0 unspecified atom stereocenters. The molecule has 0 radical (unpaired) electrons. The highest BCUT2D eigenvalue weighted by Gasteiger charge is 2.43. The van der Waals surface area contributed by atoms with Gasteiger partial charge in [-0.05, 0) is 117 Å². The molecular formula is C54H61N. The van der Waals surface area contributed by atoms with E-state index in [1.807, 2.05) is 0 Å². The van der Waals surface area contributed by atoms with Gasteiger partial charge >= 0.3 is 0 Å². The molecule has 55 heavy (non-hydrogen) atoms. The van der Waals surface area contributed by atoms with Crippen molar-refractivity contribution in [3.63, 3.8) is 0 Å². The largest absolute Gasteiger partial charge is 0.310 e. The van der Waals surface area contributed by atoms with Crippen LogP contribution in [0.15, 0.2) is 127 Å². The van der Waals surface area contributed by atoms with E-state index in [9.17, 15) is 0 Å². The first-order chi connectivity index (χ1) is 27.0. The molecule has 0 atom stereocenters. The number of anilines is 3. The van der Waals surface area contributed by atoms with E-state index in [4.69, 9.17) is 0 Å². The Kier molecular flexibility index (Phi) is 11.0. The van der Waals surface area contributed by atoms with E-state index in [0.29, 0.717) is 0 Å². The summed E-state index contributed by atoms with van der Waals surface area (Å²) in [6.45, 7) is 9.43. The highest BCUT2D eigenvalue weighted by molar-refractivity contribution is 5.95. The topological polar surface area (TPSA) is 3.24 Å². The van der Waals surface area contributed by atoms with Crippen LogP contribution in [-0.4, -0.2) is 0 Å². The molecule has 0 bridgehead atoms. The third-order valence-corrected chi connectivity index (χ3v) is 13.2. The molecule has 1 heteroatoms. The van der Waals surface area contributed by atoms with Gasteiger partial charge in [0.25, 0.3) is 0 Å². The predicted octanol–water partition coefficient (Wildman–Crippen LogP) is 16.4. The second kappa shape index (κ2) is 16.2. The van der Waals surface area contributed by atoms with Gasteiger partial charge in [-0.25, -0.2) is 0 Å². The summed E-state index contributed by atoms with van der Waals surface area (Å²) < 4.78 is 0. The predicted molar refractivity (Wildman–Crippen MR) is 238 cm³/mol. The molecule has 0 aliphatic heterocycles. The van der Waals surface area contributed by atoms with Gasteiger partial charge in [-0.2, -0.15) is 0 Å². The van der Waals surface area contributed by atoms with Gasteiger partial charge in [0, 0.05) is 27.9 Å². The van der Waals surface area contributed by atoms with Crippen molar-refractivity contribution in [1.82, 2.24) is 0 Å². The van der Waals surface area contributed by atoms with Crippen molar-refractivity contribution in [3.05, 3.63) is 150 Å². The van der Waals surface area contributed by atoms with Gasteiger partial charge in [-0.1, -0.05) is 184 Å². The monoisotopic (exact) mass is 723 g/mol. The van der Waals surface area contributed by atoms with Crippen LogP contribution in [0.2, 0.25) is 0 Å². The zero-order valence-corrected chi connectivity index (χ0v) is 34.0. The van der Waals surface area contributed by atoms with Crippen LogP contribution in [0.5, 0.6) is 0 Å². The van der Waals surface area contributed by atoms with Crippen LogP contribution in [0.3, 0.4) is 0 Å². The number of rotatable bonds is 17. The quantitative estimate of drug-likeness (QED) is 0.0847. The summed E-state index contributed by atoms with van der Waals surface area (Å²) in [5.74, 6) is 0. The Morgan fingerprint density at radius 1 is 0.382 bits per heavy atom. The van der Waals surface area contributed by atoms with Gasteiger partial charge < -0.3 is 4.90 Å². The van der Waals surface area contributed by atoms with Gasteiger partial charge in [0.15, 0.2) is 0 Å². The fourth-order valence-corrected chi connectivity index (χ4v) is 10.2. The second-order valence-electron chi connectivity index (χ2n) is 17.2. The van der Waals surface area contributed by atoms with Crippen molar-refractivity contribution >= 4 is 27.8 Å². The normalized spacial score (nSPS) is 14.4. The van der Waals surface area contributed by atoms with Crippen LogP contribution in [-0.2, 0) is 10.8 Å². The lowest BCUT2D eigenvalue weighted by Gasteiger charge is -2.34. The summed E-state index contributed by atoms with van der Waals surface area (Å²) in [6, 6.07) is 48.9. The number of para-hydroxylation sites is 1. The molecule has 2 aliphatic rings. The average Bonchev–Trinajstić information content (AvgIpc) is 3.61. The molecule has 6 aromatic rings. The average molecular weight is 724 g/mol. The van der Waals surface area contributed by atoms with Crippen molar-refractivity contribution in [3.8, 4) is 22.3 Å². The Morgan fingerprint density at radius 2 is 0.927 bits per heavy atom. The van der Waals surface area contributed by atoms with Crippen LogP contribution in [0, 0.1) is 0 Å². The van der Waals surface area contributed by atoms with Crippen molar-refractivity contribution < 1.29 is 0 Å². The first-order valence-electron chi connectivity index (χ1n) is 21.7. The number of nitrogens with zero attached hydrogens (tertiary/aromatic N) is 1. The van der Waals surface area contributed by atoms with E-state index in [-0.39, 0.29) is 10.8 Å². The zero-order chi connectivity index (χ0) is 37.8. The summed E-state index contributed by atoms with van der Waals surface area (Å²) in [6.07, 6.45) is 18.4. The van der Waals surface area contributed by atoms with E-state index in [1.165, 1.54) is 151 Å². The van der Waals surface area contributed by atoms with Crippen LogP contribution >= 0.6 is 0 Å². The maximum absolute atomic E-state index is 2.61. The van der Waals surface area contributed by atoms with Gasteiger partial charge in [0.1, 0.15) is 0 Å². The van der Waals surface area contributed by atoms with Crippen LogP contribution in [0.25, 0.3) is 33.0 Å². The standard InChI is InChI=1S/C54H61N/c1-5-7-9-11-13-22-34-54(35-23-14-12-10-8-6-2)50-29-21-20-28-45(50)46-32-30-44(39-52(46)54)55(42-26-16-15-17-27-42)43-31-33-49-48(38-43)47-36-40-24-18-19-25-41(40)37-51(47)53(49,3)4/h15-21,24-33,36-39H,5-14,22-23,34-35H2,1-4H3. The van der Waals surface area contributed by atoms with Crippen molar-refractivity contribution in [2.75, 3.05) is 4.90 Å². The number of hydrogen-bond acceptors (Lipinski definition) is 1. The smallest absolute Gasteiger partial charge is 0.0468 e. The van der Waals surface area contributed by atoms with Crippen LogP contribution in [0.1, 0.15) is 140 Å². The molecule has 0 amide bonds. The van der Waals surface area contributed by atoms with Gasteiger partial charge in [-0.3, -0.25) is 0 Å². The van der Waals surface area contributed by atoms with E-state index < -0.39 is 0 Å². The van der Waals surface area contributed by atoms with Crippen molar-refractivity contribution in [2.24, 2.45) is 0 Å². The maximum atomic E-state index is 2.61. The van der Waals surface area contributed by atoms with E-state index in [2.05, 4.69) is 160 Å². The number of benzene rings is 6. The van der Waals surface area contributed by atoms with Crippen molar-refractivity contribution in [2.45, 2.75) is 128 Å². The fourth-order valence-electron chi connectivity index (χ4n) is 10.2. The Balaban J connectivity index is 1.23. The Labute approximate surface area is 331 Å². The van der Waals surface area contributed by atoms with E-state index in [1.54, 1.807) is 11.1 Å². The first kappa shape index (κ1) is 37.3. The minimum Gasteiger partial charge on any atom is -0.310 e. The number of hydrogen-bond donors (Lipinski definition) is 0. The lowest BCUT2D eigenvalue weighted by Crippen LogP contribution is -2.26. The minimum absolute atomic E-state index is 0.0434. The molecule has 0 saturated carbocycles. The van der Waals surface area contributed by atoms with Gasteiger partial charge in [-0.15, -0.1) is 0 Å². The Hall–Kier alpha value is -4.62. The highest BCUT2D eigenvalue weighted by atomic mass is 15.1. The molecule has 282 valence electrons. The zero-order valence-electron chi connectivity index (χ0n) is 34.0. The summed E-state index contributed by atoms with van der Waals surface area (Å²) in [5, 5.41) is 2.62. The molecule has 0 saturated heterocycles. The Morgan fingerprint density at radius 3 is 1.64 bits per heavy atom. The first-order valence-corrected chi connectivity index (χ1v) is 21.7. The summed E-state index contributed by atoms with van der Waals surface area (Å²) in [7, 11) is 0. The molecule has 0 aromatic heterocycles. The third kappa shape index (κ3) is 7.05. The molecule has 6 aromatic carbocycles. The highest BCUT2D eigenvalue weighted by Crippen LogP contribution is 2.56. The van der Waals surface area contributed by atoms with Crippen LogP contribution < -0.4 is 4.90 Å². The summed E-state index contributed by atoms with van der Waals surface area (Å²) in [4.78, 5) is 2.52. The lowest BCUT2D eigenvalue weighted by atomic mass is 9.70. The molecule has 2 aliphatic carbocycles. The van der Waals surface area contributed by atoms with E-state index in [0.717, 1.165) is 0 Å². The molecule has 8 rings (SSSR count). The molecule has 0 fully saturated rings. The van der Waals surface area contributed by atoms with Crippen LogP contribution in [0.4, 0.5) is 17.1 Å². The van der Waals surface area contributed by atoms with Crippen molar-refractivity contribution in [1.29, 1.82) is 0 Å². The lowest BCUT2D eigenvalue weighted by molar-refractivity contribution is 0.398. The Bertz CT molecular complexity index is 2220. The molecular weight excluding hydrogens is 663 g/mol. The minimum atomic E-state index is -0.0587. The summed E-state index contributed by atoms with van der Waals surface area (Å²) in [5.41, 5.74) is 15.2. The molecule has 0 heterocycles. The molecule has 0 spiro atoms. The van der Waals surface area contributed by atoms with Gasteiger partial charge in [0.2, 0.25) is 0 Å². The van der Waals surface area contributed by atoms with Gasteiger partial charge in [0.05, 0.1) is 0 Å². The molecule has 1 nitrogen and oxygen atoms in total. The number of unbranched alkanes of at least 4 members (excludes halogenated alkanes) is 10. The third-order valence-electron chi connectivity index (χ3n) is 13.2. The SMILES string of the molecule is CCCCCCCCC1(CCCCCCCC)c2ccccc2-c2ccc(N(c3ccccc3)c3ccc4c(c3)-c3cc5ccccc5cc3C4(C)C)cc21. The van der Waals surface area contributed by atoms with E-state index >= 15 is 0 Å². The number of fused-ring (bicyclic) bond motifs is 7.